The molecule has 4 nitrogen and oxygen atoms in total. The Morgan fingerprint density at radius 1 is 1.53 bits per heavy atom. The van der Waals surface area contributed by atoms with Crippen molar-refractivity contribution in [2.24, 2.45) is 0 Å². The van der Waals surface area contributed by atoms with Crippen LogP contribution >= 0.6 is 11.8 Å². The Morgan fingerprint density at radius 3 is 2.67 bits per heavy atom. The lowest BCUT2D eigenvalue weighted by atomic mass is 10.1. The molecule has 0 aliphatic heterocycles. The fraction of sp³-hybridized carbons (Fsp3) is 0.300. The number of nitrogens with zero attached hydrogens (tertiary/aromatic N) is 1. The van der Waals surface area contributed by atoms with E-state index in [9.17, 15) is 14.9 Å². The summed E-state index contributed by atoms with van der Waals surface area (Å²) in [6.07, 6.45) is 1.89. The van der Waals surface area contributed by atoms with Crippen molar-refractivity contribution in [3.63, 3.8) is 0 Å². The molecule has 1 rings (SSSR count). The lowest BCUT2D eigenvalue weighted by Gasteiger charge is -2.04. The topological polar surface area (TPSA) is 60.2 Å². The SMILES string of the molecule is CSCc1cc([N+](=O)[O-])ccc1C(C)=O. The molecule has 0 amide bonds. The fourth-order valence-electron chi connectivity index (χ4n) is 1.31. The van der Waals surface area contributed by atoms with E-state index >= 15 is 0 Å². The van der Waals surface area contributed by atoms with Crippen LogP contribution in [0.2, 0.25) is 0 Å². The third-order valence-corrected chi connectivity index (χ3v) is 2.58. The van der Waals surface area contributed by atoms with Crippen LogP contribution in [0.5, 0.6) is 0 Å². The minimum Gasteiger partial charge on any atom is -0.295 e. The van der Waals surface area contributed by atoms with Crippen LogP contribution in [-0.4, -0.2) is 17.0 Å². The molecule has 0 N–H and O–H groups in total. The Morgan fingerprint density at radius 2 is 2.20 bits per heavy atom. The second-order valence-corrected chi connectivity index (χ2v) is 3.95. The van der Waals surface area contributed by atoms with Gasteiger partial charge in [-0.3, -0.25) is 14.9 Å². The monoisotopic (exact) mass is 225 g/mol. The summed E-state index contributed by atoms with van der Waals surface area (Å²) in [6, 6.07) is 4.35. The summed E-state index contributed by atoms with van der Waals surface area (Å²) in [5.41, 5.74) is 1.32. The second-order valence-electron chi connectivity index (χ2n) is 3.09. The maximum absolute atomic E-state index is 11.2. The van der Waals surface area contributed by atoms with Gasteiger partial charge in [-0.15, -0.1) is 0 Å². The molecule has 0 atom stereocenters. The van der Waals surface area contributed by atoms with Crippen LogP contribution in [0.1, 0.15) is 22.8 Å². The predicted molar refractivity (Wildman–Crippen MR) is 60.3 cm³/mol. The average molecular weight is 225 g/mol. The van der Waals surface area contributed by atoms with E-state index < -0.39 is 4.92 Å². The number of benzene rings is 1. The summed E-state index contributed by atoms with van der Waals surface area (Å²) < 4.78 is 0. The van der Waals surface area contributed by atoms with Crippen LogP contribution in [-0.2, 0) is 5.75 Å². The molecule has 0 heterocycles. The number of non-ortho nitro benzene ring substituents is 1. The van der Waals surface area contributed by atoms with E-state index in [4.69, 9.17) is 0 Å². The van der Waals surface area contributed by atoms with E-state index in [2.05, 4.69) is 0 Å². The van der Waals surface area contributed by atoms with Gasteiger partial charge < -0.3 is 0 Å². The van der Waals surface area contributed by atoms with Crippen molar-refractivity contribution in [1.82, 2.24) is 0 Å². The van der Waals surface area contributed by atoms with Crippen molar-refractivity contribution in [2.45, 2.75) is 12.7 Å². The summed E-state index contributed by atoms with van der Waals surface area (Å²) >= 11 is 1.53. The number of nitro groups is 1. The molecule has 0 aliphatic carbocycles. The van der Waals surface area contributed by atoms with Crippen molar-refractivity contribution in [3.8, 4) is 0 Å². The van der Waals surface area contributed by atoms with Crippen molar-refractivity contribution in [1.29, 1.82) is 0 Å². The quantitative estimate of drug-likeness (QED) is 0.449. The number of hydrogen-bond acceptors (Lipinski definition) is 4. The highest BCUT2D eigenvalue weighted by Gasteiger charge is 2.12. The Hall–Kier alpha value is -1.36. The van der Waals surface area contributed by atoms with Crippen LogP contribution in [0.3, 0.4) is 0 Å². The van der Waals surface area contributed by atoms with E-state index in [-0.39, 0.29) is 11.5 Å². The molecule has 1 aromatic rings. The maximum Gasteiger partial charge on any atom is 0.269 e. The third kappa shape index (κ3) is 2.79. The summed E-state index contributed by atoms with van der Waals surface area (Å²) in [7, 11) is 0. The summed E-state index contributed by atoms with van der Waals surface area (Å²) in [4.78, 5) is 21.3. The maximum atomic E-state index is 11.2. The Balaban J connectivity index is 3.20. The largest absolute Gasteiger partial charge is 0.295 e. The smallest absolute Gasteiger partial charge is 0.269 e. The van der Waals surface area contributed by atoms with E-state index in [0.717, 1.165) is 5.56 Å². The highest BCUT2D eigenvalue weighted by Crippen LogP contribution is 2.21. The number of Topliss-reactive ketones (excluding diaryl/α,β-unsaturated/α-hetero) is 1. The number of nitro benzene ring substituents is 1. The van der Waals surface area contributed by atoms with Gasteiger partial charge in [0.2, 0.25) is 0 Å². The second kappa shape index (κ2) is 4.93. The van der Waals surface area contributed by atoms with Gasteiger partial charge in [0.1, 0.15) is 0 Å². The number of carbonyl (C=O) groups is 1. The Kier molecular flexibility index (Phi) is 3.85. The normalized spacial score (nSPS) is 10.0. The third-order valence-electron chi connectivity index (χ3n) is 1.98. The predicted octanol–water partition coefficient (Wildman–Crippen LogP) is 2.66. The van der Waals surface area contributed by atoms with Gasteiger partial charge in [0.05, 0.1) is 4.92 Å². The van der Waals surface area contributed by atoms with Gasteiger partial charge in [-0.05, 0) is 24.8 Å². The van der Waals surface area contributed by atoms with Crippen LogP contribution in [0.15, 0.2) is 18.2 Å². The van der Waals surface area contributed by atoms with Crippen molar-refractivity contribution in [2.75, 3.05) is 6.26 Å². The van der Waals surface area contributed by atoms with Crippen molar-refractivity contribution < 1.29 is 9.72 Å². The van der Waals surface area contributed by atoms with Gasteiger partial charge in [0.25, 0.3) is 5.69 Å². The molecule has 0 radical (unpaired) electrons. The molecule has 0 fully saturated rings. The summed E-state index contributed by atoms with van der Waals surface area (Å²) in [5, 5.41) is 10.6. The number of carbonyl (C=O) groups excluding carboxylic acids is 1. The number of ketones is 1. The number of thioether (sulfide) groups is 1. The molecule has 0 saturated heterocycles. The molecular formula is C10H11NO3S. The summed E-state index contributed by atoms with van der Waals surface area (Å²) in [6.45, 7) is 1.46. The zero-order valence-corrected chi connectivity index (χ0v) is 9.34. The molecule has 0 aromatic heterocycles. The minimum atomic E-state index is -0.451. The van der Waals surface area contributed by atoms with Crippen LogP contribution in [0, 0.1) is 10.1 Å². The fourth-order valence-corrected chi connectivity index (χ4v) is 1.86. The average Bonchev–Trinajstić information content (AvgIpc) is 2.17. The van der Waals surface area contributed by atoms with Gasteiger partial charge >= 0.3 is 0 Å². The van der Waals surface area contributed by atoms with Gasteiger partial charge in [-0.1, -0.05) is 0 Å². The highest BCUT2D eigenvalue weighted by atomic mass is 32.2. The van der Waals surface area contributed by atoms with Crippen LogP contribution in [0.4, 0.5) is 5.69 Å². The molecule has 0 spiro atoms. The Bertz CT molecular complexity index is 404. The molecule has 0 unspecified atom stereocenters. The molecular weight excluding hydrogens is 214 g/mol. The molecule has 5 heteroatoms. The van der Waals surface area contributed by atoms with Gasteiger partial charge in [0, 0.05) is 23.4 Å². The van der Waals surface area contributed by atoms with E-state index in [0.29, 0.717) is 11.3 Å². The van der Waals surface area contributed by atoms with Crippen LogP contribution < -0.4 is 0 Å². The van der Waals surface area contributed by atoms with E-state index in [1.54, 1.807) is 0 Å². The van der Waals surface area contributed by atoms with E-state index in [1.165, 1.54) is 36.9 Å². The number of rotatable bonds is 4. The molecule has 0 saturated carbocycles. The van der Waals surface area contributed by atoms with Crippen molar-refractivity contribution >= 4 is 23.2 Å². The van der Waals surface area contributed by atoms with E-state index in [1.807, 2.05) is 6.26 Å². The van der Waals surface area contributed by atoms with Gasteiger partial charge in [-0.2, -0.15) is 11.8 Å². The minimum absolute atomic E-state index is 0.0315. The lowest BCUT2D eigenvalue weighted by molar-refractivity contribution is -0.384. The Labute approximate surface area is 91.8 Å². The number of hydrogen-bond donors (Lipinski definition) is 0. The highest BCUT2D eigenvalue weighted by molar-refractivity contribution is 7.97. The zero-order chi connectivity index (χ0) is 11.4. The first-order chi connectivity index (χ1) is 7.06. The first kappa shape index (κ1) is 11.7. The van der Waals surface area contributed by atoms with Crippen LogP contribution in [0.25, 0.3) is 0 Å². The summed E-state index contributed by atoms with van der Waals surface area (Å²) in [5.74, 6) is 0.547. The van der Waals surface area contributed by atoms with Crippen molar-refractivity contribution in [3.05, 3.63) is 39.4 Å². The molecule has 0 bridgehead atoms. The standard InChI is InChI=1S/C10H11NO3S/c1-7(12)10-4-3-9(11(13)14)5-8(10)6-15-2/h3-5H,6H2,1-2H3. The molecule has 15 heavy (non-hydrogen) atoms. The molecule has 0 aliphatic rings. The zero-order valence-electron chi connectivity index (χ0n) is 8.52. The van der Waals surface area contributed by atoms with Gasteiger partial charge in [-0.25, -0.2) is 0 Å². The molecule has 1 aromatic carbocycles. The first-order valence-corrected chi connectivity index (χ1v) is 5.73. The first-order valence-electron chi connectivity index (χ1n) is 4.33. The molecule has 80 valence electrons. The van der Waals surface area contributed by atoms with Gasteiger partial charge in [0.15, 0.2) is 5.78 Å². The lowest BCUT2D eigenvalue weighted by Crippen LogP contribution is -2.00.